The van der Waals surface area contributed by atoms with Crippen LogP contribution in [-0.2, 0) is 0 Å². The molecule has 0 fully saturated rings. The van der Waals surface area contributed by atoms with Crippen LogP contribution in [0.2, 0.25) is 0 Å². The minimum atomic E-state index is -0.165. The Labute approximate surface area is 359 Å². The number of fused-ring (bicyclic) bond motifs is 1. The maximum absolute atomic E-state index is 13.3. The first-order chi connectivity index (χ1) is 30.2. The summed E-state index contributed by atoms with van der Waals surface area (Å²) in [6.45, 7) is 2.00. The summed E-state index contributed by atoms with van der Waals surface area (Å²) in [6, 6.07) is 59.7. The smallest absolute Gasteiger partial charge is 0.268 e. The third kappa shape index (κ3) is 8.63. The van der Waals surface area contributed by atoms with Gasteiger partial charge in [0, 0.05) is 34.9 Å². The first-order valence-electron chi connectivity index (χ1n) is 20.2. The van der Waals surface area contributed by atoms with E-state index in [4.69, 9.17) is 14.2 Å². The van der Waals surface area contributed by atoms with E-state index in [1.54, 1.807) is 79.8 Å². The fourth-order valence-corrected chi connectivity index (χ4v) is 7.33. The Morgan fingerprint density at radius 1 is 0.452 bits per heavy atom. The second-order valence-electron chi connectivity index (χ2n) is 15.0. The van der Waals surface area contributed by atoms with Gasteiger partial charge in [-0.2, -0.15) is 0 Å². The molecule has 9 rings (SSSR count). The number of hydrazine groups is 1. The van der Waals surface area contributed by atoms with Crippen molar-refractivity contribution < 1.29 is 28.6 Å². The predicted octanol–water partition coefficient (Wildman–Crippen LogP) is 12.2. The molecule has 0 saturated heterocycles. The number of amides is 1. The largest absolute Gasteiger partial charge is 0.457 e. The van der Waals surface area contributed by atoms with E-state index in [0.29, 0.717) is 62.3 Å². The summed E-state index contributed by atoms with van der Waals surface area (Å²) in [6.07, 6.45) is 0. The summed E-state index contributed by atoms with van der Waals surface area (Å²) < 4.78 is 18.2. The van der Waals surface area contributed by atoms with Crippen molar-refractivity contribution in [2.45, 2.75) is 13.0 Å². The Morgan fingerprint density at radius 3 is 1.19 bits per heavy atom. The van der Waals surface area contributed by atoms with Gasteiger partial charge in [0.1, 0.15) is 34.5 Å². The number of hydrogen-bond donors (Lipinski definition) is 1. The quantitative estimate of drug-likeness (QED) is 0.123. The van der Waals surface area contributed by atoms with Gasteiger partial charge in [-0.25, -0.2) is 5.43 Å². The number of nitrogens with one attached hydrogen (secondary N) is 1. The molecule has 0 radical (unpaired) electrons. The van der Waals surface area contributed by atoms with E-state index in [-0.39, 0.29) is 23.5 Å². The molecule has 8 heteroatoms. The van der Waals surface area contributed by atoms with Gasteiger partial charge < -0.3 is 14.2 Å². The Hall–Kier alpha value is -8.07. The van der Waals surface area contributed by atoms with Crippen LogP contribution >= 0.6 is 0 Å². The summed E-state index contributed by atoms with van der Waals surface area (Å²) in [5.74, 6) is 3.67. The Balaban J connectivity index is 0.764. The SMILES string of the molecule is Cc1ccc(C(=O)c2ccc(Oc3ccc(-c4ccc(Oc5ccc(C(=O)c6ccc(Oc7ccc(C8NN(C)C(=O)c9ccccc98)cc7)cc6)cc5)cc4)cc3)cc2)cc1. The number of rotatable bonds is 12. The lowest BCUT2D eigenvalue weighted by atomic mass is 9.93. The molecule has 0 spiro atoms. The van der Waals surface area contributed by atoms with Crippen LogP contribution < -0.4 is 19.6 Å². The van der Waals surface area contributed by atoms with Crippen LogP contribution in [0.1, 0.15) is 64.9 Å². The molecule has 0 saturated carbocycles. The van der Waals surface area contributed by atoms with Gasteiger partial charge in [-0.3, -0.25) is 19.4 Å². The average Bonchev–Trinajstić information content (AvgIpc) is 3.31. The Morgan fingerprint density at radius 2 is 0.790 bits per heavy atom. The first kappa shape index (κ1) is 39.4. The molecule has 1 N–H and O–H groups in total. The van der Waals surface area contributed by atoms with Crippen molar-refractivity contribution >= 4 is 17.5 Å². The number of ketones is 2. The molecule has 1 aliphatic heterocycles. The van der Waals surface area contributed by atoms with E-state index >= 15 is 0 Å². The highest BCUT2D eigenvalue weighted by Crippen LogP contribution is 2.33. The van der Waals surface area contributed by atoms with Crippen molar-refractivity contribution in [1.29, 1.82) is 0 Å². The van der Waals surface area contributed by atoms with Gasteiger partial charge in [0.05, 0.1) is 6.04 Å². The van der Waals surface area contributed by atoms with Crippen LogP contribution in [0, 0.1) is 6.92 Å². The minimum Gasteiger partial charge on any atom is -0.457 e. The van der Waals surface area contributed by atoms with E-state index in [1.807, 2.05) is 128 Å². The number of nitrogens with zero attached hydrogens (tertiary/aromatic N) is 1. The second kappa shape index (κ2) is 17.3. The lowest BCUT2D eigenvalue weighted by Crippen LogP contribution is -2.46. The molecule has 1 atom stereocenters. The fraction of sp³-hybridized carbons (Fsp3) is 0.0556. The highest BCUT2D eigenvalue weighted by molar-refractivity contribution is 6.09. The van der Waals surface area contributed by atoms with Crippen molar-refractivity contribution in [3.63, 3.8) is 0 Å². The highest BCUT2D eigenvalue weighted by Gasteiger charge is 2.29. The molecule has 0 aliphatic carbocycles. The van der Waals surface area contributed by atoms with E-state index in [0.717, 1.165) is 27.8 Å². The van der Waals surface area contributed by atoms with Crippen molar-refractivity contribution in [3.8, 4) is 45.6 Å². The normalized spacial score (nSPS) is 13.2. The highest BCUT2D eigenvalue weighted by atomic mass is 16.5. The zero-order valence-electron chi connectivity index (χ0n) is 33.9. The van der Waals surface area contributed by atoms with Crippen molar-refractivity contribution in [2.24, 2.45) is 0 Å². The molecule has 1 aliphatic rings. The standard InChI is InChI=1S/C54H40N2O6/c1-35-7-9-39(10-8-35)52(57)40-17-29-46(30-18-40)60-43-23-11-36(12-24-43)37-13-25-44(26-14-37)61-47-31-19-41(20-32-47)53(58)42-21-33-48(34-22-42)62-45-27-15-38(16-28-45)51-49-5-3-4-6-50(49)54(59)56(2)55-51/h3-34,51,55H,1-2H3. The number of ether oxygens (including phenoxy) is 3. The molecular weight excluding hydrogens is 773 g/mol. The third-order valence-electron chi connectivity index (χ3n) is 10.8. The average molecular weight is 813 g/mol. The summed E-state index contributed by atoms with van der Waals surface area (Å²) in [5.41, 5.74) is 11.4. The van der Waals surface area contributed by atoms with E-state index in [1.165, 1.54) is 5.01 Å². The maximum Gasteiger partial charge on any atom is 0.268 e. The number of carbonyl (C=O) groups is 3. The second-order valence-corrected chi connectivity index (χ2v) is 15.0. The van der Waals surface area contributed by atoms with E-state index in [2.05, 4.69) is 5.43 Å². The zero-order valence-corrected chi connectivity index (χ0v) is 33.9. The van der Waals surface area contributed by atoms with Crippen LogP contribution in [0.15, 0.2) is 194 Å². The first-order valence-corrected chi connectivity index (χ1v) is 20.2. The summed E-state index contributed by atoms with van der Waals surface area (Å²) in [5, 5.41) is 1.52. The van der Waals surface area contributed by atoms with E-state index in [9.17, 15) is 14.4 Å². The van der Waals surface area contributed by atoms with Crippen LogP contribution in [0.5, 0.6) is 34.5 Å². The zero-order chi connectivity index (χ0) is 42.6. The molecular formula is C54H40N2O6. The molecule has 0 aromatic heterocycles. The van der Waals surface area contributed by atoms with Crippen LogP contribution in [0.25, 0.3) is 11.1 Å². The number of hydrogen-bond acceptors (Lipinski definition) is 7. The predicted molar refractivity (Wildman–Crippen MR) is 239 cm³/mol. The molecule has 1 amide bonds. The molecule has 1 unspecified atom stereocenters. The summed E-state index contributed by atoms with van der Waals surface area (Å²) in [7, 11) is 1.73. The van der Waals surface area contributed by atoms with Crippen molar-refractivity contribution in [3.05, 3.63) is 239 Å². The molecule has 302 valence electrons. The van der Waals surface area contributed by atoms with Crippen molar-refractivity contribution in [1.82, 2.24) is 10.4 Å². The van der Waals surface area contributed by atoms with Gasteiger partial charge in [0.25, 0.3) is 5.91 Å². The van der Waals surface area contributed by atoms with Crippen LogP contribution in [-0.4, -0.2) is 29.5 Å². The topological polar surface area (TPSA) is 94.2 Å². The molecule has 1 heterocycles. The number of benzene rings is 8. The van der Waals surface area contributed by atoms with Gasteiger partial charge >= 0.3 is 0 Å². The van der Waals surface area contributed by atoms with Gasteiger partial charge in [-0.1, -0.05) is 84.4 Å². The molecule has 8 nitrogen and oxygen atoms in total. The Kier molecular flexibility index (Phi) is 11.0. The Bertz CT molecular complexity index is 2870. The van der Waals surface area contributed by atoms with Crippen LogP contribution in [0.3, 0.4) is 0 Å². The fourth-order valence-electron chi connectivity index (χ4n) is 7.33. The number of aryl methyl sites for hydroxylation is 1. The molecule has 0 bridgehead atoms. The molecule has 8 aromatic rings. The van der Waals surface area contributed by atoms with Gasteiger partial charge in [0.2, 0.25) is 0 Å². The summed E-state index contributed by atoms with van der Waals surface area (Å²) in [4.78, 5) is 38.8. The maximum atomic E-state index is 13.3. The number of carbonyl (C=O) groups excluding carboxylic acids is 3. The summed E-state index contributed by atoms with van der Waals surface area (Å²) >= 11 is 0. The van der Waals surface area contributed by atoms with Crippen LogP contribution in [0.4, 0.5) is 0 Å². The monoisotopic (exact) mass is 812 g/mol. The third-order valence-corrected chi connectivity index (χ3v) is 10.8. The molecule has 62 heavy (non-hydrogen) atoms. The molecule has 8 aromatic carbocycles. The van der Waals surface area contributed by atoms with Gasteiger partial charge in [-0.05, 0) is 144 Å². The minimum absolute atomic E-state index is 0.0245. The van der Waals surface area contributed by atoms with Gasteiger partial charge in [0.15, 0.2) is 11.6 Å². The van der Waals surface area contributed by atoms with Gasteiger partial charge in [-0.15, -0.1) is 0 Å². The lowest BCUT2D eigenvalue weighted by molar-refractivity contribution is 0.0663. The van der Waals surface area contributed by atoms with E-state index < -0.39 is 0 Å². The lowest BCUT2D eigenvalue weighted by Gasteiger charge is -2.33. The van der Waals surface area contributed by atoms with Crippen molar-refractivity contribution in [2.75, 3.05) is 7.05 Å².